The van der Waals surface area contributed by atoms with Gasteiger partial charge in [0.2, 0.25) is 0 Å². The normalized spacial score (nSPS) is 10.5. The average molecular weight is 374 g/mol. The highest BCUT2D eigenvalue weighted by Gasteiger charge is 2.08. The lowest BCUT2D eigenvalue weighted by molar-refractivity contribution is 1.35. The van der Waals surface area contributed by atoms with E-state index in [2.05, 4.69) is 31.9 Å². The minimum atomic E-state index is 0.721. The molecule has 0 aromatic heterocycles. The Morgan fingerprint density at radius 3 is 2.12 bits per heavy atom. The molecule has 0 saturated heterocycles. The zero-order valence-corrected chi connectivity index (χ0v) is 12.8. The molecule has 0 bridgehead atoms. The second-order valence-corrected chi connectivity index (χ2v) is 6.15. The van der Waals surface area contributed by atoms with Crippen LogP contribution >= 0.6 is 43.6 Å². The van der Waals surface area contributed by atoms with Crippen LogP contribution < -0.4 is 11.5 Å². The van der Waals surface area contributed by atoms with E-state index in [0.717, 1.165) is 30.1 Å². The molecule has 0 unspecified atom stereocenters. The molecule has 5 heteroatoms. The van der Waals surface area contributed by atoms with Crippen molar-refractivity contribution in [3.05, 3.63) is 45.3 Å². The first kappa shape index (κ1) is 12.8. The van der Waals surface area contributed by atoms with Gasteiger partial charge in [0.05, 0.1) is 4.47 Å². The van der Waals surface area contributed by atoms with Crippen LogP contribution in [0.1, 0.15) is 0 Å². The summed E-state index contributed by atoms with van der Waals surface area (Å²) >= 11 is 8.64. The Hall–Kier alpha value is -0.650. The Labute approximate surface area is 121 Å². The van der Waals surface area contributed by atoms with Crippen molar-refractivity contribution < 1.29 is 0 Å². The molecule has 0 saturated carbocycles. The van der Waals surface area contributed by atoms with Gasteiger partial charge in [0.25, 0.3) is 0 Å². The van der Waals surface area contributed by atoms with Crippen molar-refractivity contribution in [1.82, 2.24) is 0 Å². The Morgan fingerprint density at radius 1 is 0.824 bits per heavy atom. The molecule has 2 rings (SSSR count). The first-order chi connectivity index (χ1) is 8.08. The molecule has 0 heterocycles. The molecule has 0 aliphatic carbocycles. The number of anilines is 2. The summed E-state index contributed by atoms with van der Waals surface area (Å²) < 4.78 is 1.86. The molecule has 0 aliphatic rings. The fourth-order valence-electron chi connectivity index (χ4n) is 1.29. The van der Waals surface area contributed by atoms with Gasteiger partial charge in [0.15, 0.2) is 0 Å². The Bertz CT molecular complexity index is 541. The second-order valence-electron chi connectivity index (χ2n) is 3.45. The number of benzene rings is 2. The quantitative estimate of drug-likeness (QED) is 0.760. The maximum atomic E-state index is 5.80. The van der Waals surface area contributed by atoms with Crippen molar-refractivity contribution in [3.8, 4) is 0 Å². The third kappa shape index (κ3) is 2.97. The molecule has 88 valence electrons. The Morgan fingerprint density at radius 2 is 1.47 bits per heavy atom. The summed E-state index contributed by atoms with van der Waals surface area (Å²) in [6, 6.07) is 11.7. The topological polar surface area (TPSA) is 52.0 Å². The summed E-state index contributed by atoms with van der Waals surface area (Å²) in [7, 11) is 0. The number of nitrogen functional groups attached to an aromatic ring is 2. The van der Waals surface area contributed by atoms with Gasteiger partial charge in [-0.2, -0.15) is 0 Å². The van der Waals surface area contributed by atoms with Crippen LogP contribution in [0.25, 0.3) is 0 Å². The van der Waals surface area contributed by atoms with Crippen LogP contribution in [0.15, 0.2) is 55.1 Å². The van der Waals surface area contributed by atoms with Crippen molar-refractivity contribution in [2.24, 2.45) is 0 Å². The van der Waals surface area contributed by atoms with E-state index < -0.39 is 0 Å². The molecular weight excluding hydrogens is 364 g/mol. The van der Waals surface area contributed by atoms with Crippen molar-refractivity contribution in [3.63, 3.8) is 0 Å². The van der Waals surface area contributed by atoms with Crippen LogP contribution in [-0.2, 0) is 0 Å². The molecule has 4 N–H and O–H groups in total. The zero-order valence-electron chi connectivity index (χ0n) is 8.78. The van der Waals surface area contributed by atoms with Gasteiger partial charge in [-0.25, -0.2) is 0 Å². The molecular formula is C12H10Br2N2S. The molecule has 0 spiro atoms. The van der Waals surface area contributed by atoms with Crippen LogP contribution in [0.5, 0.6) is 0 Å². The lowest BCUT2D eigenvalue weighted by Crippen LogP contribution is -1.88. The van der Waals surface area contributed by atoms with Gasteiger partial charge in [-0.15, -0.1) is 0 Å². The van der Waals surface area contributed by atoms with Crippen LogP contribution in [0, 0.1) is 0 Å². The second kappa shape index (κ2) is 5.33. The number of nitrogens with two attached hydrogens (primary N) is 2. The summed E-state index contributed by atoms with van der Waals surface area (Å²) in [4.78, 5) is 2.24. The highest BCUT2D eigenvalue weighted by atomic mass is 79.9. The monoisotopic (exact) mass is 372 g/mol. The molecule has 17 heavy (non-hydrogen) atoms. The molecule has 0 atom stereocenters. The average Bonchev–Trinajstić information content (AvgIpc) is 2.33. The van der Waals surface area contributed by atoms with E-state index in [4.69, 9.17) is 11.5 Å². The predicted octanol–water partition coefficient (Wildman–Crippen LogP) is 4.53. The third-order valence-electron chi connectivity index (χ3n) is 2.18. The van der Waals surface area contributed by atoms with Gasteiger partial charge >= 0.3 is 0 Å². The lowest BCUT2D eigenvalue weighted by atomic mass is 10.3. The van der Waals surface area contributed by atoms with E-state index in [1.165, 1.54) is 0 Å². The molecule has 2 aromatic rings. The van der Waals surface area contributed by atoms with Crippen LogP contribution in [0.4, 0.5) is 11.4 Å². The van der Waals surface area contributed by atoms with Crippen molar-refractivity contribution in [1.29, 1.82) is 0 Å². The summed E-state index contributed by atoms with van der Waals surface area (Å²) in [5, 5.41) is 0. The van der Waals surface area contributed by atoms with Crippen LogP contribution in [-0.4, -0.2) is 0 Å². The van der Waals surface area contributed by atoms with Gasteiger partial charge in [0, 0.05) is 25.6 Å². The number of hydrogen-bond donors (Lipinski definition) is 2. The number of halogens is 2. The number of hydrogen-bond acceptors (Lipinski definition) is 3. The van der Waals surface area contributed by atoms with Crippen LogP contribution in [0.2, 0.25) is 0 Å². The first-order valence-corrected chi connectivity index (χ1v) is 7.25. The maximum Gasteiger partial charge on any atom is 0.0558 e. The van der Waals surface area contributed by atoms with E-state index in [9.17, 15) is 0 Å². The summed E-state index contributed by atoms with van der Waals surface area (Å²) in [6.07, 6.45) is 0. The Balaban J connectivity index is 2.30. The fraction of sp³-hybridized carbons (Fsp3) is 0. The first-order valence-electron chi connectivity index (χ1n) is 4.85. The van der Waals surface area contributed by atoms with E-state index in [1.807, 2.05) is 36.4 Å². The maximum absolute atomic E-state index is 5.80. The molecule has 2 nitrogen and oxygen atoms in total. The minimum Gasteiger partial charge on any atom is -0.399 e. The number of rotatable bonds is 2. The summed E-state index contributed by atoms with van der Waals surface area (Å²) in [6.45, 7) is 0. The molecule has 0 radical (unpaired) electrons. The molecule has 0 amide bonds. The van der Waals surface area contributed by atoms with E-state index in [1.54, 1.807) is 11.8 Å². The SMILES string of the molecule is Nc1ccc(Sc2ccc(N)c(Br)c2Br)cc1. The van der Waals surface area contributed by atoms with Gasteiger partial charge in [-0.1, -0.05) is 11.8 Å². The van der Waals surface area contributed by atoms with E-state index in [-0.39, 0.29) is 0 Å². The molecule has 2 aromatic carbocycles. The van der Waals surface area contributed by atoms with Gasteiger partial charge < -0.3 is 11.5 Å². The van der Waals surface area contributed by atoms with Gasteiger partial charge in [-0.05, 0) is 68.3 Å². The Kier molecular flexibility index (Phi) is 4.01. The van der Waals surface area contributed by atoms with Crippen molar-refractivity contribution >= 4 is 55.0 Å². The largest absolute Gasteiger partial charge is 0.399 e. The minimum absolute atomic E-state index is 0.721. The fourth-order valence-corrected chi connectivity index (χ4v) is 3.22. The van der Waals surface area contributed by atoms with Gasteiger partial charge in [-0.3, -0.25) is 0 Å². The standard InChI is InChI=1S/C12H10Br2N2S/c13-11-9(16)5-6-10(12(11)14)17-8-3-1-7(15)2-4-8/h1-6H,15-16H2. The third-order valence-corrected chi connectivity index (χ3v) is 5.73. The lowest BCUT2D eigenvalue weighted by Gasteiger charge is -2.08. The van der Waals surface area contributed by atoms with Crippen molar-refractivity contribution in [2.45, 2.75) is 9.79 Å². The molecule has 0 aliphatic heterocycles. The molecule has 0 fully saturated rings. The zero-order chi connectivity index (χ0) is 12.4. The van der Waals surface area contributed by atoms with Crippen LogP contribution in [0.3, 0.4) is 0 Å². The predicted molar refractivity (Wildman–Crippen MR) is 81.2 cm³/mol. The highest BCUT2D eigenvalue weighted by molar-refractivity contribution is 9.13. The highest BCUT2D eigenvalue weighted by Crippen LogP contribution is 2.40. The summed E-state index contributed by atoms with van der Waals surface area (Å²) in [5.74, 6) is 0. The summed E-state index contributed by atoms with van der Waals surface area (Å²) in [5.41, 5.74) is 12.9. The van der Waals surface area contributed by atoms with Gasteiger partial charge in [0.1, 0.15) is 0 Å². The smallest absolute Gasteiger partial charge is 0.0558 e. The van der Waals surface area contributed by atoms with E-state index >= 15 is 0 Å². The van der Waals surface area contributed by atoms with E-state index in [0.29, 0.717) is 0 Å². The van der Waals surface area contributed by atoms with Crippen molar-refractivity contribution in [2.75, 3.05) is 11.5 Å².